The van der Waals surface area contributed by atoms with Gasteiger partial charge >= 0.3 is 0 Å². The van der Waals surface area contributed by atoms with E-state index in [1.807, 2.05) is 24.3 Å². The number of piperazine rings is 1. The SMILES string of the molecule is CN1CCNCC1c1noc(-c2ccc(OC3CCC3)cc2)n1.Cl. The number of ether oxygens (including phenoxy) is 1. The fourth-order valence-corrected chi connectivity index (χ4v) is 2.94. The molecular formula is C17H23ClN4O2. The zero-order valence-corrected chi connectivity index (χ0v) is 14.6. The summed E-state index contributed by atoms with van der Waals surface area (Å²) in [5, 5.41) is 7.53. The van der Waals surface area contributed by atoms with Gasteiger partial charge in [0, 0.05) is 25.2 Å². The molecule has 4 rings (SSSR count). The summed E-state index contributed by atoms with van der Waals surface area (Å²) in [5.41, 5.74) is 0.927. The third-order valence-corrected chi connectivity index (χ3v) is 4.71. The second kappa shape index (κ2) is 7.51. The van der Waals surface area contributed by atoms with Gasteiger partial charge in [0.05, 0.1) is 12.1 Å². The van der Waals surface area contributed by atoms with Gasteiger partial charge in [0.2, 0.25) is 0 Å². The van der Waals surface area contributed by atoms with Crippen LogP contribution in [0.15, 0.2) is 28.8 Å². The van der Waals surface area contributed by atoms with Crippen molar-refractivity contribution in [2.24, 2.45) is 0 Å². The van der Waals surface area contributed by atoms with Crippen LogP contribution in [0.2, 0.25) is 0 Å². The van der Waals surface area contributed by atoms with E-state index < -0.39 is 0 Å². The van der Waals surface area contributed by atoms with Crippen molar-refractivity contribution in [2.45, 2.75) is 31.4 Å². The first kappa shape index (κ1) is 17.2. The fraction of sp³-hybridized carbons (Fsp3) is 0.529. The van der Waals surface area contributed by atoms with Gasteiger partial charge in [-0.1, -0.05) is 5.16 Å². The molecule has 2 aromatic rings. The van der Waals surface area contributed by atoms with Crippen LogP contribution in [0.5, 0.6) is 5.75 Å². The summed E-state index contributed by atoms with van der Waals surface area (Å²) in [6, 6.07) is 8.09. The van der Waals surface area contributed by atoms with Crippen molar-refractivity contribution in [3.8, 4) is 17.2 Å². The minimum absolute atomic E-state index is 0. The second-order valence-electron chi connectivity index (χ2n) is 6.35. The Hall–Kier alpha value is -1.63. The maximum Gasteiger partial charge on any atom is 0.257 e. The lowest BCUT2D eigenvalue weighted by Crippen LogP contribution is -2.44. The van der Waals surface area contributed by atoms with E-state index >= 15 is 0 Å². The standard InChI is InChI=1S/C17H22N4O2.ClH/c1-21-10-9-18-11-15(21)16-19-17(23-20-16)12-5-7-14(8-6-12)22-13-3-2-4-13;/h5-8,13,15,18H,2-4,9-11H2,1H3;1H. The highest BCUT2D eigenvalue weighted by atomic mass is 35.5. The molecule has 1 N–H and O–H groups in total. The smallest absolute Gasteiger partial charge is 0.257 e. The minimum Gasteiger partial charge on any atom is -0.490 e. The average Bonchev–Trinajstić information content (AvgIpc) is 3.02. The van der Waals surface area contributed by atoms with Gasteiger partial charge in [0.1, 0.15) is 5.75 Å². The van der Waals surface area contributed by atoms with E-state index in [2.05, 4.69) is 27.4 Å². The van der Waals surface area contributed by atoms with E-state index in [1.165, 1.54) is 6.42 Å². The number of likely N-dealkylation sites (N-methyl/N-ethyl adjacent to an activating group) is 1. The van der Waals surface area contributed by atoms with E-state index in [-0.39, 0.29) is 18.4 Å². The Labute approximate surface area is 148 Å². The van der Waals surface area contributed by atoms with Crippen molar-refractivity contribution in [3.05, 3.63) is 30.1 Å². The molecule has 24 heavy (non-hydrogen) atoms. The van der Waals surface area contributed by atoms with Crippen molar-refractivity contribution in [1.29, 1.82) is 0 Å². The molecule has 1 unspecified atom stereocenters. The lowest BCUT2D eigenvalue weighted by molar-refractivity contribution is 0.120. The normalized spacial score (nSPS) is 21.8. The molecule has 0 bridgehead atoms. The van der Waals surface area contributed by atoms with E-state index in [9.17, 15) is 0 Å². The highest BCUT2D eigenvalue weighted by Gasteiger charge is 2.25. The molecular weight excluding hydrogens is 328 g/mol. The van der Waals surface area contributed by atoms with Crippen molar-refractivity contribution in [1.82, 2.24) is 20.4 Å². The summed E-state index contributed by atoms with van der Waals surface area (Å²) in [6.07, 6.45) is 4.00. The third kappa shape index (κ3) is 3.55. The molecule has 2 fully saturated rings. The molecule has 1 aromatic carbocycles. The maximum atomic E-state index is 5.87. The largest absolute Gasteiger partial charge is 0.490 e. The van der Waals surface area contributed by atoms with Crippen LogP contribution in [0.4, 0.5) is 0 Å². The Bertz CT molecular complexity index is 657. The first-order valence-electron chi connectivity index (χ1n) is 8.31. The van der Waals surface area contributed by atoms with Crippen LogP contribution in [0, 0.1) is 0 Å². The first-order chi connectivity index (χ1) is 11.3. The van der Waals surface area contributed by atoms with Crippen molar-refractivity contribution in [3.63, 3.8) is 0 Å². The predicted octanol–water partition coefficient (Wildman–Crippen LogP) is 2.67. The van der Waals surface area contributed by atoms with E-state index in [0.29, 0.717) is 12.0 Å². The van der Waals surface area contributed by atoms with Gasteiger partial charge < -0.3 is 14.6 Å². The number of aromatic nitrogens is 2. The number of nitrogens with one attached hydrogen (secondary N) is 1. The van der Waals surface area contributed by atoms with Gasteiger partial charge in [-0.25, -0.2) is 0 Å². The summed E-state index contributed by atoms with van der Waals surface area (Å²) in [4.78, 5) is 6.82. The molecule has 2 heterocycles. The number of rotatable bonds is 4. The van der Waals surface area contributed by atoms with Gasteiger partial charge in [-0.05, 0) is 50.6 Å². The summed E-state index contributed by atoms with van der Waals surface area (Å²) in [7, 11) is 2.09. The van der Waals surface area contributed by atoms with E-state index in [0.717, 1.165) is 49.6 Å². The first-order valence-corrected chi connectivity index (χ1v) is 8.31. The number of hydrogen-bond donors (Lipinski definition) is 1. The van der Waals surface area contributed by atoms with Gasteiger partial charge in [-0.15, -0.1) is 12.4 Å². The zero-order valence-electron chi connectivity index (χ0n) is 13.8. The molecule has 1 aromatic heterocycles. The van der Waals surface area contributed by atoms with Crippen molar-refractivity contribution < 1.29 is 9.26 Å². The van der Waals surface area contributed by atoms with Gasteiger partial charge in [-0.2, -0.15) is 4.98 Å². The monoisotopic (exact) mass is 350 g/mol. The second-order valence-corrected chi connectivity index (χ2v) is 6.35. The number of halogens is 1. The Morgan fingerprint density at radius 3 is 2.71 bits per heavy atom. The number of hydrogen-bond acceptors (Lipinski definition) is 6. The van der Waals surface area contributed by atoms with Crippen molar-refractivity contribution >= 4 is 12.4 Å². The number of nitrogens with zero attached hydrogens (tertiary/aromatic N) is 3. The topological polar surface area (TPSA) is 63.4 Å². The van der Waals surface area contributed by atoms with Crippen LogP contribution in [0.25, 0.3) is 11.5 Å². The molecule has 2 aliphatic rings. The Morgan fingerprint density at radius 1 is 1.25 bits per heavy atom. The summed E-state index contributed by atoms with van der Waals surface area (Å²) >= 11 is 0. The van der Waals surface area contributed by atoms with Crippen LogP contribution in [0.3, 0.4) is 0 Å². The molecule has 6 nitrogen and oxygen atoms in total. The minimum atomic E-state index is 0. The fourth-order valence-electron chi connectivity index (χ4n) is 2.94. The lowest BCUT2D eigenvalue weighted by atomic mass is 9.96. The zero-order chi connectivity index (χ0) is 15.6. The van der Waals surface area contributed by atoms with Crippen LogP contribution in [-0.4, -0.2) is 47.8 Å². The van der Waals surface area contributed by atoms with Gasteiger partial charge in [-0.3, -0.25) is 4.90 Å². The molecule has 1 aliphatic heterocycles. The molecule has 0 amide bonds. The summed E-state index contributed by atoms with van der Waals surface area (Å²) < 4.78 is 11.3. The average molecular weight is 351 g/mol. The number of benzene rings is 1. The quantitative estimate of drug-likeness (QED) is 0.914. The highest BCUT2D eigenvalue weighted by Crippen LogP contribution is 2.28. The Kier molecular flexibility index (Phi) is 5.38. The molecule has 7 heteroatoms. The molecule has 1 saturated heterocycles. The van der Waals surface area contributed by atoms with E-state index in [4.69, 9.17) is 9.26 Å². The predicted molar refractivity (Wildman–Crippen MR) is 93.5 cm³/mol. The van der Waals surface area contributed by atoms with Crippen LogP contribution in [0.1, 0.15) is 31.1 Å². The lowest BCUT2D eigenvalue weighted by Gasteiger charge is -2.30. The molecule has 130 valence electrons. The summed E-state index contributed by atoms with van der Waals surface area (Å²) in [6.45, 7) is 2.84. The molecule has 1 atom stereocenters. The highest BCUT2D eigenvalue weighted by molar-refractivity contribution is 5.85. The maximum absolute atomic E-state index is 5.87. The van der Waals surface area contributed by atoms with Crippen LogP contribution < -0.4 is 10.1 Å². The molecule has 1 saturated carbocycles. The van der Waals surface area contributed by atoms with Gasteiger partial charge in [0.15, 0.2) is 5.82 Å². The molecule has 0 radical (unpaired) electrons. The third-order valence-electron chi connectivity index (χ3n) is 4.71. The Balaban J connectivity index is 0.00000169. The molecule has 1 aliphatic carbocycles. The van der Waals surface area contributed by atoms with Crippen LogP contribution in [-0.2, 0) is 0 Å². The Morgan fingerprint density at radius 2 is 2.04 bits per heavy atom. The van der Waals surface area contributed by atoms with Crippen LogP contribution >= 0.6 is 12.4 Å². The molecule has 0 spiro atoms. The van der Waals surface area contributed by atoms with Crippen molar-refractivity contribution in [2.75, 3.05) is 26.7 Å². The summed E-state index contributed by atoms with van der Waals surface area (Å²) in [5.74, 6) is 2.22. The van der Waals surface area contributed by atoms with E-state index in [1.54, 1.807) is 0 Å². The van der Waals surface area contributed by atoms with Gasteiger partial charge in [0.25, 0.3) is 5.89 Å².